The summed E-state index contributed by atoms with van der Waals surface area (Å²) in [5, 5.41) is 7.36. The van der Waals surface area contributed by atoms with E-state index in [1.54, 1.807) is 0 Å². The van der Waals surface area contributed by atoms with Gasteiger partial charge >= 0.3 is 0 Å². The summed E-state index contributed by atoms with van der Waals surface area (Å²) in [7, 11) is -2.78. The van der Waals surface area contributed by atoms with Crippen molar-refractivity contribution in [1.82, 2.24) is 15.0 Å². The third-order valence-electron chi connectivity index (χ3n) is 10.4. The van der Waals surface area contributed by atoms with Gasteiger partial charge in [-0.05, 0) is 74.3 Å². The maximum absolute atomic E-state index is 6.71. The third kappa shape index (κ3) is 4.05. The normalized spacial score (nSPS) is 13.4. The van der Waals surface area contributed by atoms with Crippen LogP contribution in [0.25, 0.3) is 67.2 Å². The summed E-state index contributed by atoms with van der Waals surface area (Å²) in [4.78, 5) is 15.3. The summed E-state index contributed by atoms with van der Waals surface area (Å²) in [6.45, 7) is 0. The highest BCUT2D eigenvalue weighted by atomic mass is 28.3. The molecule has 5 nitrogen and oxygen atoms in total. The number of nitrogens with zero attached hydrogens (tertiary/aromatic N) is 3. The van der Waals surface area contributed by atoms with Gasteiger partial charge in [-0.15, -0.1) is 0 Å². The molecule has 0 saturated heterocycles. The van der Waals surface area contributed by atoms with Gasteiger partial charge in [0.25, 0.3) is 0 Å². The van der Waals surface area contributed by atoms with Crippen LogP contribution in [-0.4, -0.2) is 23.0 Å². The van der Waals surface area contributed by atoms with Crippen LogP contribution in [0, 0.1) is 0 Å². The Hall–Kier alpha value is -6.63. The van der Waals surface area contributed by atoms with Crippen LogP contribution in [0.2, 0.25) is 0 Å². The molecule has 0 bridgehead atoms. The largest absolute Gasteiger partial charge is 0.458 e. The quantitative estimate of drug-likeness (QED) is 0.178. The lowest BCUT2D eigenvalue weighted by molar-refractivity contribution is 0.487. The molecule has 0 radical (unpaired) electrons. The Morgan fingerprint density at radius 2 is 0.922 bits per heavy atom. The zero-order valence-corrected chi connectivity index (χ0v) is 28.2. The number of hydrogen-bond acceptors (Lipinski definition) is 5. The lowest BCUT2D eigenvalue weighted by Gasteiger charge is -2.37. The maximum Gasteiger partial charge on any atom is 0.189 e. The first-order valence-electron chi connectivity index (χ1n) is 17.1. The molecule has 2 aliphatic heterocycles. The van der Waals surface area contributed by atoms with Crippen molar-refractivity contribution >= 4 is 50.8 Å². The zero-order chi connectivity index (χ0) is 33.5. The van der Waals surface area contributed by atoms with Gasteiger partial charge < -0.3 is 9.15 Å². The second kappa shape index (κ2) is 10.7. The average Bonchev–Trinajstić information content (AvgIpc) is 3.72. The molecule has 238 valence electrons. The lowest BCUT2D eigenvalue weighted by Crippen LogP contribution is -2.74. The van der Waals surface area contributed by atoms with Gasteiger partial charge in [0.2, 0.25) is 0 Å². The Morgan fingerprint density at radius 3 is 1.69 bits per heavy atom. The predicted octanol–water partition coefficient (Wildman–Crippen LogP) is 8.24. The number of rotatable bonds is 3. The van der Waals surface area contributed by atoms with Crippen molar-refractivity contribution in [1.29, 1.82) is 0 Å². The van der Waals surface area contributed by atoms with Gasteiger partial charge in [-0.25, -0.2) is 15.0 Å². The highest BCUT2D eigenvalue weighted by molar-refractivity contribution is 7.23. The van der Waals surface area contributed by atoms with Crippen LogP contribution in [-0.2, 0) is 0 Å². The van der Waals surface area contributed by atoms with E-state index in [9.17, 15) is 0 Å². The van der Waals surface area contributed by atoms with Crippen LogP contribution in [0.15, 0.2) is 168 Å². The van der Waals surface area contributed by atoms with E-state index < -0.39 is 8.07 Å². The van der Waals surface area contributed by atoms with E-state index in [1.165, 1.54) is 31.9 Å². The van der Waals surface area contributed by atoms with Crippen LogP contribution in [0.1, 0.15) is 0 Å². The molecule has 0 amide bonds. The number of hydrogen-bond donors (Lipinski definition) is 0. The first kappa shape index (κ1) is 28.2. The first-order valence-corrected chi connectivity index (χ1v) is 19.1. The van der Waals surface area contributed by atoms with Crippen LogP contribution in [0.4, 0.5) is 0 Å². The molecule has 0 aliphatic carbocycles. The SMILES string of the molecule is c1ccc(-c2nc(-c3ccc4c(c3)[Si]3(c5ccccc5O4)c4ccccc4-c4ccccc43)nc(-c3ccc4c(c3)oc3ccccc34)n2)cc1. The number of benzene rings is 7. The Bertz CT molecular complexity index is 2820. The molecule has 11 rings (SSSR count). The standard InChI is InChI=1S/C45H27N3O2Si/c1-2-12-28(13-3-1)43-46-44(29-22-24-32-31-14-4-7-17-35(31)49-38(32)26-29)48-45(47-43)30-23-25-37-42(27-30)51(41-21-11-8-18-36(41)50-37)39-19-9-5-15-33(39)34-16-6-10-20-40(34)51/h1-27H. The molecule has 0 N–H and O–H groups in total. The summed E-state index contributed by atoms with van der Waals surface area (Å²) < 4.78 is 13.0. The highest BCUT2D eigenvalue weighted by Crippen LogP contribution is 2.38. The molecule has 7 aromatic carbocycles. The number of para-hydroxylation sites is 2. The van der Waals surface area contributed by atoms with Crippen LogP contribution in [0.3, 0.4) is 0 Å². The Morgan fingerprint density at radius 1 is 0.373 bits per heavy atom. The Kier molecular flexibility index (Phi) is 5.91. The van der Waals surface area contributed by atoms with E-state index in [0.29, 0.717) is 17.5 Å². The molecule has 2 aromatic heterocycles. The molecule has 0 unspecified atom stereocenters. The van der Waals surface area contributed by atoms with E-state index in [4.69, 9.17) is 24.1 Å². The van der Waals surface area contributed by atoms with Crippen LogP contribution < -0.4 is 25.5 Å². The van der Waals surface area contributed by atoms with E-state index in [1.807, 2.05) is 54.6 Å². The van der Waals surface area contributed by atoms with E-state index in [0.717, 1.165) is 50.1 Å². The van der Waals surface area contributed by atoms with E-state index in [-0.39, 0.29) is 0 Å². The molecule has 9 aromatic rings. The fourth-order valence-corrected chi connectivity index (χ4v) is 13.6. The Labute approximate surface area is 294 Å². The van der Waals surface area contributed by atoms with Crippen molar-refractivity contribution in [2.45, 2.75) is 0 Å². The molecular formula is C45H27N3O2Si. The highest BCUT2D eigenvalue weighted by Gasteiger charge is 2.53. The number of furan rings is 1. The molecule has 0 saturated carbocycles. The number of ether oxygens (including phenoxy) is 1. The van der Waals surface area contributed by atoms with E-state index in [2.05, 4.69) is 109 Å². The van der Waals surface area contributed by atoms with Gasteiger partial charge in [0.05, 0.1) is 0 Å². The minimum Gasteiger partial charge on any atom is -0.458 e. The van der Waals surface area contributed by atoms with Gasteiger partial charge in [0.1, 0.15) is 22.7 Å². The van der Waals surface area contributed by atoms with Gasteiger partial charge in [-0.3, -0.25) is 0 Å². The van der Waals surface area contributed by atoms with Crippen molar-refractivity contribution in [2.24, 2.45) is 0 Å². The molecule has 0 fully saturated rings. The molecule has 4 heterocycles. The van der Waals surface area contributed by atoms with Crippen molar-refractivity contribution < 1.29 is 9.15 Å². The van der Waals surface area contributed by atoms with E-state index >= 15 is 0 Å². The summed E-state index contributed by atoms with van der Waals surface area (Å²) >= 11 is 0. The number of fused-ring (bicyclic) bond motifs is 12. The molecule has 1 spiro atoms. The molecular weight excluding hydrogens is 643 g/mol. The van der Waals surface area contributed by atoms with Gasteiger partial charge in [-0.2, -0.15) is 0 Å². The van der Waals surface area contributed by atoms with Crippen LogP contribution >= 0.6 is 0 Å². The maximum atomic E-state index is 6.71. The molecule has 0 atom stereocenters. The minimum absolute atomic E-state index is 0.587. The average molecular weight is 670 g/mol. The predicted molar refractivity (Wildman–Crippen MR) is 206 cm³/mol. The Balaban J connectivity index is 1.15. The second-order valence-corrected chi connectivity index (χ2v) is 16.8. The fraction of sp³-hybridized carbons (Fsp3) is 0. The summed E-state index contributed by atoms with van der Waals surface area (Å²) in [5.74, 6) is 3.61. The molecule has 6 heteroatoms. The summed E-state index contributed by atoms with van der Waals surface area (Å²) in [5.41, 5.74) is 6.94. The third-order valence-corrected chi connectivity index (χ3v) is 15.3. The van der Waals surface area contributed by atoms with Crippen molar-refractivity contribution in [3.05, 3.63) is 164 Å². The molecule has 51 heavy (non-hydrogen) atoms. The van der Waals surface area contributed by atoms with Crippen molar-refractivity contribution in [2.75, 3.05) is 0 Å². The van der Waals surface area contributed by atoms with Gasteiger partial charge in [-0.1, -0.05) is 121 Å². The fourth-order valence-electron chi connectivity index (χ4n) is 8.21. The minimum atomic E-state index is -2.78. The van der Waals surface area contributed by atoms with Crippen molar-refractivity contribution in [3.8, 4) is 56.8 Å². The first-order chi connectivity index (χ1) is 25.3. The smallest absolute Gasteiger partial charge is 0.189 e. The summed E-state index contributed by atoms with van der Waals surface area (Å²) in [6, 6.07) is 57.3. The molecule has 2 aliphatic rings. The monoisotopic (exact) mass is 669 g/mol. The zero-order valence-electron chi connectivity index (χ0n) is 27.2. The van der Waals surface area contributed by atoms with Crippen molar-refractivity contribution in [3.63, 3.8) is 0 Å². The van der Waals surface area contributed by atoms with Crippen LogP contribution in [0.5, 0.6) is 11.5 Å². The summed E-state index contributed by atoms with van der Waals surface area (Å²) in [6.07, 6.45) is 0. The number of aromatic nitrogens is 3. The van der Waals surface area contributed by atoms with Gasteiger partial charge in [0.15, 0.2) is 25.5 Å². The topological polar surface area (TPSA) is 61.0 Å². The van der Waals surface area contributed by atoms with Gasteiger partial charge in [0, 0.05) is 27.5 Å². The second-order valence-electron chi connectivity index (χ2n) is 13.1. The lowest BCUT2D eigenvalue weighted by atomic mass is 10.1.